The van der Waals surface area contributed by atoms with Crippen LogP contribution in [0.2, 0.25) is 0 Å². The zero-order chi connectivity index (χ0) is 18.6. The van der Waals surface area contributed by atoms with E-state index < -0.39 is 0 Å². The van der Waals surface area contributed by atoms with E-state index in [0.717, 1.165) is 54.0 Å². The van der Waals surface area contributed by atoms with Gasteiger partial charge in [0.25, 0.3) is 0 Å². The van der Waals surface area contributed by atoms with Gasteiger partial charge in [-0.25, -0.2) is 0 Å². The molecule has 27 heavy (non-hydrogen) atoms. The number of aromatic nitrogens is 2. The molecule has 1 aromatic carbocycles. The number of hydrogen-bond donors (Lipinski definition) is 2. The van der Waals surface area contributed by atoms with E-state index in [-0.39, 0.29) is 17.3 Å². The SMILES string of the molecule is C[C@H](Sc1nnc(NC[C@H]2CCCO2)s1)C(=O)Nc1ccc2c(c1)CCC2. The van der Waals surface area contributed by atoms with E-state index in [1.807, 2.05) is 13.0 Å². The van der Waals surface area contributed by atoms with E-state index in [9.17, 15) is 4.79 Å². The molecule has 2 N–H and O–H groups in total. The Morgan fingerprint density at radius 3 is 3.07 bits per heavy atom. The maximum absolute atomic E-state index is 12.5. The zero-order valence-corrected chi connectivity index (χ0v) is 17.0. The predicted molar refractivity (Wildman–Crippen MR) is 110 cm³/mol. The molecule has 0 spiro atoms. The average Bonchev–Trinajstić information content (AvgIpc) is 3.41. The van der Waals surface area contributed by atoms with Gasteiger partial charge >= 0.3 is 0 Å². The molecule has 0 unspecified atom stereocenters. The van der Waals surface area contributed by atoms with Gasteiger partial charge in [-0.05, 0) is 62.3 Å². The van der Waals surface area contributed by atoms with Crippen molar-refractivity contribution in [2.75, 3.05) is 23.8 Å². The predicted octanol–water partition coefficient (Wildman–Crippen LogP) is 3.74. The quantitative estimate of drug-likeness (QED) is 0.685. The molecule has 1 amide bonds. The molecule has 1 aromatic heterocycles. The van der Waals surface area contributed by atoms with E-state index in [1.54, 1.807) is 0 Å². The van der Waals surface area contributed by atoms with E-state index in [2.05, 4.69) is 33.0 Å². The van der Waals surface area contributed by atoms with Crippen molar-refractivity contribution < 1.29 is 9.53 Å². The summed E-state index contributed by atoms with van der Waals surface area (Å²) in [4.78, 5) is 12.5. The van der Waals surface area contributed by atoms with Crippen LogP contribution in [0.25, 0.3) is 0 Å². The lowest BCUT2D eigenvalue weighted by Crippen LogP contribution is -2.22. The summed E-state index contributed by atoms with van der Waals surface area (Å²) >= 11 is 2.92. The van der Waals surface area contributed by atoms with Gasteiger partial charge in [0.15, 0.2) is 4.34 Å². The Kier molecular flexibility index (Phi) is 5.95. The molecule has 2 heterocycles. The van der Waals surface area contributed by atoms with Gasteiger partial charge in [0, 0.05) is 18.8 Å². The van der Waals surface area contributed by atoms with Gasteiger partial charge in [0.2, 0.25) is 11.0 Å². The van der Waals surface area contributed by atoms with Crippen molar-refractivity contribution in [2.45, 2.75) is 54.7 Å². The van der Waals surface area contributed by atoms with Crippen LogP contribution in [0.4, 0.5) is 10.8 Å². The summed E-state index contributed by atoms with van der Waals surface area (Å²) in [6.45, 7) is 3.50. The normalized spacial score (nSPS) is 19.7. The highest BCUT2D eigenvalue weighted by Crippen LogP contribution is 2.30. The number of ether oxygens (including phenoxy) is 1. The van der Waals surface area contributed by atoms with Gasteiger partial charge in [-0.3, -0.25) is 4.79 Å². The van der Waals surface area contributed by atoms with Crippen molar-refractivity contribution in [2.24, 2.45) is 0 Å². The fourth-order valence-electron chi connectivity index (χ4n) is 3.43. The monoisotopic (exact) mass is 404 g/mol. The number of amides is 1. The number of anilines is 2. The largest absolute Gasteiger partial charge is 0.376 e. The molecule has 4 rings (SSSR count). The van der Waals surface area contributed by atoms with Crippen LogP contribution in [0.5, 0.6) is 0 Å². The Hall–Kier alpha value is -1.64. The van der Waals surface area contributed by atoms with Gasteiger partial charge in [0.05, 0.1) is 11.4 Å². The Bertz CT molecular complexity index is 805. The van der Waals surface area contributed by atoms with Crippen LogP contribution in [-0.2, 0) is 22.4 Å². The lowest BCUT2D eigenvalue weighted by atomic mass is 10.1. The maximum atomic E-state index is 12.5. The molecule has 2 atom stereocenters. The molecule has 6 nitrogen and oxygen atoms in total. The number of carbonyl (C=O) groups excluding carboxylic acids is 1. The minimum Gasteiger partial charge on any atom is -0.376 e. The number of nitrogens with zero attached hydrogens (tertiary/aromatic N) is 2. The first kappa shape index (κ1) is 18.7. The number of thioether (sulfide) groups is 1. The standard InChI is InChI=1S/C19H24N4O2S2/c1-12(17(24)21-15-8-7-13-4-2-5-14(13)10-15)26-19-23-22-18(27-19)20-11-16-6-3-9-25-16/h7-8,10,12,16H,2-6,9,11H2,1H3,(H,20,22)(H,21,24)/t12-,16+/m0/s1. The average molecular weight is 405 g/mol. The number of hydrogen-bond acceptors (Lipinski definition) is 7. The minimum absolute atomic E-state index is 0.0120. The molecule has 2 aliphatic rings. The van der Waals surface area contributed by atoms with Crippen LogP contribution in [0.1, 0.15) is 37.3 Å². The van der Waals surface area contributed by atoms with Crippen LogP contribution in [0, 0.1) is 0 Å². The summed E-state index contributed by atoms with van der Waals surface area (Å²) in [5.74, 6) is -0.0120. The smallest absolute Gasteiger partial charge is 0.237 e. The molecule has 1 aliphatic carbocycles. The first-order chi connectivity index (χ1) is 13.2. The number of nitrogens with one attached hydrogen (secondary N) is 2. The third-order valence-corrected chi connectivity index (χ3v) is 6.99. The van der Waals surface area contributed by atoms with Crippen molar-refractivity contribution in [1.29, 1.82) is 0 Å². The van der Waals surface area contributed by atoms with Gasteiger partial charge in [-0.15, -0.1) is 10.2 Å². The lowest BCUT2D eigenvalue weighted by molar-refractivity contribution is -0.115. The highest BCUT2D eigenvalue weighted by Gasteiger charge is 2.19. The summed E-state index contributed by atoms with van der Waals surface area (Å²) in [6, 6.07) is 6.24. The number of benzene rings is 1. The van der Waals surface area contributed by atoms with Gasteiger partial charge in [-0.2, -0.15) is 0 Å². The van der Waals surface area contributed by atoms with Crippen LogP contribution in [-0.4, -0.2) is 40.6 Å². The third kappa shape index (κ3) is 4.80. The summed E-state index contributed by atoms with van der Waals surface area (Å²) in [7, 11) is 0. The van der Waals surface area contributed by atoms with Crippen molar-refractivity contribution in [1.82, 2.24) is 10.2 Å². The molecule has 144 valence electrons. The second-order valence-electron chi connectivity index (χ2n) is 6.98. The lowest BCUT2D eigenvalue weighted by Gasteiger charge is -2.11. The highest BCUT2D eigenvalue weighted by atomic mass is 32.2. The summed E-state index contributed by atoms with van der Waals surface area (Å²) in [6.07, 6.45) is 5.95. The Balaban J connectivity index is 1.28. The first-order valence-corrected chi connectivity index (χ1v) is 11.2. The van der Waals surface area contributed by atoms with Crippen LogP contribution >= 0.6 is 23.1 Å². The fraction of sp³-hybridized carbons (Fsp3) is 0.526. The Labute approximate surface area is 167 Å². The van der Waals surface area contributed by atoms with Gasteiger partial charge < -0.3 is 15.4 Å². The molecule has 2 aromatic rings. The van der Waals surface area contributed by atoms with Crippen molar-refractivity contribution in [3.05, 3.63) is 29.3 Å². The van der Waals surface area contributed by atoms with Crippen LogP contribution < -0.4 is 10.6 Å². The Morgan fingerprint density at radius 1 is 1.33 bits per heavy atom. The Morgan fingerprint density at radius 2 is 2.22 bits per heavy atom. The molecule has 1 saturated heterocycles. The van der Waals surface area contributed by atoms with Crippen molar-refractivity contribution >= 4 is 39.8 Å². The van der Waals surface area contributed by atoms with E-state index in [0.29, 0.717) is 0 Å². The van der Waals surface area contributed by atoms with E-state index in [1.165, 1.54) is 40.6 Å². The van der Waals surface area contributed by atoms with Gasteiger partial charge in [-0.1, -0.05) is 29.2 Å². The zero-order valence-electron chi connectivity index (χ0n) is 15.4. The molecule has 0 saturated carbocycles. The number of carbonyl (C=O) groups is 1. The van der Waals surface area contributed by atoms with Crippen molar-refractivity contribution in [3.8, 4) is 0 Å². The minimum atomic E-state index is -0.239. The summed E-state index contributed by atoms with van der Waals surface area (Å²) in [5.41, 5.74) is 3.65. The van der Waals surface area contributed by atoms with Crippen molar-refractivity contribution in [3.63, 3.8) is 0 Å². The van der Waals surface area contributed by atoms with E-state index >= 15 is 0 Å². The summed E-state index contributed by atoms with van der Waals surface area (Å²) < 4.78 is 6.39. The fourth-order valence-corrected chi connectivity index (χ4v) is 5.34. The molecule has 0 radical (unpaired) electrons. The number of rotatable bonds is 7. The molecular formula is C19H24N4O2S2. The second-order valence-corrected chi connectivity index (χ2v) is 9.54. The number of aryl methyl sites for hydroxylation is 2. The van der Waals surface area contributed by atoms with E-state index in [4.69, 9.17) is 4.74 Å². The number of fused-ring (bicyclic) bond motifs is 1. The van der Waals surface area contributed by atoms with Gasteiger partial charge in [0.1, 0.15) is 0 Å². The maximum Gasteiger partial charge on any atom is 0.237 e. The third-order valence-electron chi connectivity index (χ3n) is 4.92. The molecule has 1 fully saturated rings. The highest BCUT2D eigenvalue weighted by molar-refractivity contribution is 8.02. The molecule has 1 aliphatic heterocycles. The second kappa shape index (κ2) is 8.58. The topological polar surface area (TPSA) is 76.1 Å². The molecular weight excluding hydrogens is 380 g/mol. The van der Waals surface area contributed by atoms with Crippen LogP contribution in [0.3, 0.4) is 0 Å². The first-order valence-electron chi connectivity index (χ1n) is 9.46. The summed E-state index contributed by atoms with van der Waals surface area (Å²) in [5, 5.41) is 15.2. The van der Waals surface area contributed by atoms with Crippen LogP contribution in [0.15, 0.2) is 22.5 Å². The molecule has 8 heteroatoms. The molecule has 0 bridgehead atoms.